The molecular formula is C23H18ClF2N5O3. The fourth-order valence-electron chi connectivity index (χ4n) is 3.90. The molecule has 4 aromatic rings. The van der Waals surface area contributed by atoms with E-state index in [0.29, 0.717) is 29.4 Å². The van der Waals surface area contributed by atoms with Gasteiger partial charge in [0.25, 0.3) is 11.9 Å². The number of hydrogen-bond donors (Lipinski definition) is 1. The molecule has 1 atom stereocenters. The average Bonchev–Trinajstić information content (AvgIpc) is 3.19. The van der Waals surface area contributed by atoms with Crippen molar-refractivity contribution in [2.24, 2.45) is 0 Å². The van der Waals surface area contributed by atoms with Gasteiger partial charge in [-0.3, -0.25) is 9.36 Å². The molecule has 2 aromatic heterocycles. The molecule has 0 radical (unpaired) electrons. The van der Waals surface area contributed by atoms with E-state index in [4.69, 9.17) is 16.3 Å². The van der Waals surface area contributed by atoms with Crippen molar-refractivity contribution in [1.29, 1.82) is 0 Å². The van der Waals surface area contributed by atoms with Gasteiger partial charge in [0, 0.05) is 58.8 Å². The first kappa shape index (κ1) is 22.0. The van der Waals surface area contributed by atoms with E-state index in [1.54, 1.807) is 24.5 Å². The number of amides is 1. The molecule has 1 aliphatic heterocycles. The van der Waals surface area contributed by atoms with Gasteiger partial charge in [0.2, 0.25) is 0 Å². The molecule has 11 heteroatoms. The van der Waals surface area contributed by atoms with Crippen molar-refractivity contribution in [1.82, 2.24) is 19.5 Å². The molecule has 0 saturated heterocycles. The number of nitrogens with one attached hydrogen (secondary N) is 1. The predicted molar refractivity (Wildman–Crippen MR) is 121 cm³/mol. The number of imidazole rings is 1. The van der Waals surface area contributed by atoms with E-state index < -0.39 is 11.5 Å². The van der Waals surface area contributed by atoms with Crippen LogP contribution in [0.5, 0.6) is 11.8 Å². The van der Waals surface area contributed by atoms with E-state index >= 15 is 0 Å². The Labute approximate surface area is 197 Å². The lowest BCUT2D eigenvalue weighted by Crippen LogP contribution is -2.18. The Balaban J connectivity index is 1.52. The minimum Gasteiger partial charge on any atom is -0.465 e. The Morgan fingerprint density at radius 2 is 1.97 bits per heavy atom. The van der Waals surface area contributed by atoms with Crippen LogP contribution in [0, 0.1) is 0 Å². The highest BCUT2D eigenvalue weighted by atomic mass is 35.5. The molecule has 0 fully saturated rings. The van der Waals surface area contributed by atoms with Crippen LogP contribution in [0.1, 0.15) is 29.7 Å². The maximum atomic E-state index is 13.1. The second-order valence-electron chi connectivity index (χ2n) is 7.80. The summed E-state index contributed by atoms with van der Waals surface area (Å²) in [5.41, 5.74) is -0.176. The van der Waals surface area contributed by atoms with E-state index in [-0.39, 0.29) is 11.8 Å². The summed E-state index contributed by atoms with van der Waals surface area (Å²) in [5, 5.41) is 2.75. The Morgan fingerprint density at radius 1 is 1.24 bits per heavy atom. The van der Waals surface area contributed by atoms with Crippen LogP contribution in [0.15, 0.2) is 55.1 Å². The van der Waals surface area contributed by atoms with E-state index in [0.717, 1.165) is 23.1 Å². The standard InChI is InChI=1S/C23H18ClF2N5O3/c1-13-6-7-33-22-30-19-9-14(8-18(20(19)31(13)22)15-10-27-12-28-11-15)21(32)29-16-2-4-17(5-3-16)34-23(24,25)26/h2-5,8-13H,6-7H2,1H3,(H,29,32)/t13-/m1/s1. The minimum absolute atomic E-state index is 0.136. The zero-order valence-electron chi connectivity index (χ0n) is 17.8. The molecule has 0 saturated carbocycles. The monoisotopic (exact) mass is 485 g/mol. The number of carbonyl (C=O) groups is 1. The third-order valence-electron chi connectivity index (χ3n) is 5.44. The smallest absolute Gasteiger partial charge is 0.465 e. The number of carbonyl (C=O) groups excluding carboxylic acids is 1. The van der Waals surface area contributed by atoms with Gasteiger partial charge >= 0.3 is 5.57 Å². The van der Waals surface area contributed by atoms with Crippen molar-refractivity contribution in [2.45, 2.75) is 25.0 Å². The first-order valence-corrected chi connectivity index (χ1v) is 10.8. The van der Waals surface area contributed by atoms with Gasteiger partial charge in [-0.1, -0.05) is 0 Å². The number of anilines is 1. The molecular weight excluding hydrogens is 468 g/mol. The Bertz CT molecular complexity index is 1360. The number of halogens is 3. The number of hydrogen-bond acceptors (Lipinski definition) is 6. The highest BCUT2D eigenvalue weighted by Crippen LogP contribution is 2.37. The lowest BCUT2D eigenvalue weighted by atomic mass is 10.0. The molecule has 0 spiro atoms. The summed E-state index contributed by atoms with van der Waals surface area (Å²) < 4.78 is 37.7. The Hall–Kier alpha value is -3.79. The van der Waals surface area contributed by atoms with Gasteiger partial charge < -0.3 is 14.8 Å². The topological polar surface area (TPSA) is 91.2 Å². The minimum atomic E-state index is -3.82. The van der Waals surface area contributed by atoms with Crippen molar-refractivity contribution < 1.29 is 23.0 Å². The summed E-state index contributed by atoms with van der Waals surface area (Å²) in [7, 11) is 0. The quantitative estimate of drug-likeness (QED) is 0.388. The van der Waals surface area contributed by atoms with Crippen molar-refractivity contribution in [3.05, 3.63) is 60.7 Å². The Morgan fingerprint density at radius 3 is 2.68 bits per heavy atom. The highest BCUT2D eigenvalue weighted by molar-refractivity contribution is 6.20. The third-order valence-corrected chi connectivity index (χ3v) is 5.52. The summed E-state index contributed by atoms with van der Waals surface area (Å²) in [5.74, 6) is -0.542. The fraction of sp³-hybridized carbons (Fsp3) is 0.217. The number of nitrogens with zero attached hydrogens (tertiary/aromatic N) is 4. The number of fused-ring (bicyclic) bond motifs is 3. The molecule has 1 N–H and O–H groups in total. The molecule has 0 unspecified atom stereocenters. The molecule has 174 valence electrons. The zero-order chi connectivity index (χ0) is 23.9. The fourth-order valence-corrected chi connectivity index (χ4v) is 3.99. The summed E-state index contributed by atoms with van der Waals surface area (Å²) in [6, 6.07) is 9.53. The molecule has 8 nitrogen and oxygen atoms in total. The molecule has 0 bridgehead atoms. The molecule has 0 aliphatic carbocycles. The summed E-state index contributed by atoms with van der Waals surface area (Å²) >= 11 is 4.78. The van der Waals surface area contributed by atoms with Crippen molar-refractivity contribution in [3.8, 4) is 22.9 Å². The lowest BCUT2D eigenvalue weighted by molar-refractivity contribution is -0.0964. The van der Waals surface area contributed by atoms with Crippen LogP contribution >= 0.6 is 11.6 Å². The second kappa shape index (κ2) is 8.53. The second-order valence-corrected chi connectivity index (χ2v) is 8.24. The van der Waals surface area contributed by atoms with Crippen LogP contribution in [0.2, 0.25) is 0 Å². The van der Waals surface area contributed by atoms with Gasteiger partial charge in [0.15, 0.2) is 0 Å². The molecule has 2 aromatic carbocycles. The molecule has 1 aliphatic rings. The first-order valence-electron chi connectivity index (χ1n) is 10.4. The summed E-state index contributed by atoms with van der Waals surface area (Å²) in [6.07, 6.45) is 5.61. The van der Waals surface area contributed by atoms with Crippen LogP contribution in [0.25, 0.3) is 22.2 Å². The van der Waals surface area contributed by atoms with Crippen molar-refractivity contribution in [3.63, 3.8) is 0 Å². The van der Waals surface area contributed by atoms with Crippen molar-refractivity contribution >= 4 is 34.2 Å². The van der Waals surface area contributed by atoms with Gasteiger partial charge in [-0.25, -0.2) is 9.97 Å². The van der Waals surface area contributed by atoms with Gasteiger partial charge in [-0.15, -0.1) is 8.78 Å². The number of benzene rings is 2. The average molecular weight is 486 g/mol. The van der Waals surface area contributed by atoms with Gasteiger partial charge in [-0.05, 0) is 43.3 Å². The van der Waals surface area contributed by atoms with Crippen LogP contribution in [-0.2, 0) is 0 Å². The van der Waals surface area contributed by atoms with E-state index in [1.807, 2.05) is 4.57 Å². The van der Waals surface area contributed by atoms with E-state index in [9.17, 15) is 13.6 Å². The SMILES string of the molecule is C[C@@H]1CCOc2nc3cc(C(=O)Nc4ccc(OC(F)(F)Cl)cc4)cc(-c4cncnc4)c3n21. The normalized spacial score (nSPS) is 15.5. The number of rotatable bonds is 5. The maximum Gasteiger partial charge on any atom is 0.487 e. The number of ether oxygens (including phenoxy) is 2. The Kier molecular flexibility index (Phi) is 5.52. The summed E-state index contributed by atoms with van der Waals surface area (Å²) in [4.78, 5) is 25.9. The molecule has 3 heterocycles. The summed E-state index contributed by atoms with van der Waals surface area (Å²) in [6.45, 7) is 2.66. The lowest BCUT2D eigenvalue weighted by Gasteiger charge is -2.23. The number of alkyl halides is 3. The van der Waals surface area contributed by atoms with Crippen LogP contribution in [0.3, 0.4) is 0 Å². The van der Waals surface area contributed by atoms with Gasteiger partial charge in [-0.2, -0.15) is 4.98 Å². The molecule has 5 rings (SSSR count). The van der Waals surface area contributed by atoms with Crippen molar-refractivity contribution in [2.75, 3.05) is 11.9 Å². The van der Waals surface area contributed by atoms with E-state index in [1.165, 1.54) is 30.6 Å². The zero-order valence-corrected chi connectivity index (χ0v) is 18.6. The predicted octanol–water partition coefficient (Wildman–Crippen LogP) is 5.26. The van der Waals surface area contributed by atoms with Crippen LogP contribution in [0.4, 0.5) is 14.5 Å². The van der Waals surface area contributed by atoms with Gasteiger partial charge in [0.05, 0.1) is 17.6 Å². The third kappa shape index (κ3) is 4.36. The van der Waals surface area contributed by atoms with E-state index in [2.05, 4.69) is 31.9 Å². The molecule has 1 amide bonds. The van der Waals surface area contributed by atoms with Gasteiger partial charge in [0.1, 0.15) is 12.1 Å². The first-order chi connectivity index (χ1) is 16.3. The van der Waals surface area contributed by atoms with Crippen LogP contribution < -0.4 is 14.8 Å². The number of aromatic nitrogens is 4. The highest BCUT2D eigenvalue weighted by Gasteiger charge is 2.28. The largest absolute Gasteiger partial charge is 0.487 e. The maximum absolute atomic E-state index is 13.1. The van der Waals surface area contributed by atoms with Crippen LogP contribution in [-0.4, -0.2) is 37.6 Å². The molecule has 34 heavy (non-hydrogen) atoms.